The summed E-state index contributed by atoms with van der Waals surface area (Å²) in [6, 6.07) is 2.02. The molecule has 1 aliphatic heterocycles. The summed E-state index contributed by atoms with van der Waals surface area (Å²) >= 11 is 0. The van der Waals surface area contributed by atoms with Gasteiger partial charge in [-0.25, -0.2) is 4.98 Å². The van der Waals surface area contributed by atoms with Gasteiger partial charge in [0, 0.05) is 37.0 Å². The van der Waals surface area contributed by atoms with E-state index in [1.807, 2.05) is 24.4 Å². The number of nitrogens with one attached hydrogen (secondary N) is 1. The Hall–Kier alpha value is -1.66. The number of nitrogens with two attached hydrogens (primary N) is 1. The summed E-state index contributed by atoms with van der Waals surface area (Å²) in [4.78, 5) is 4.61. The second-order valence-corrected chi connectivity index (χ2v) is 5.23. The van der Waals surface area contributed by atoms with Gasteiger partial charge in [0.05, 0.1) is 5.69 Å². The summed E-state index contributed by atoms with van der Waals surface area (Å²) in [5, 5.41) is 8.02. The van der Waals surface area contributed by atoms with Crippen molar-refractivity contribution in [3.8, 4) is 0 Å². The van der Waals surface area contributed by atoms with Crippen molar-refractivity contribution >= 4 is 11.5 Å². The SMILES string of the molecule is Cc1nc2cc(C3CCCO3)nn2c(NCCN)c1C. The van der Waals surface area contributed by atoms with Crippen LogP contribution in [0.5, 0.6) is 0 Å². The normalized spacial score (nSPS) is 18.9. The van der Waals surface area contributed by atoms with Crippen LogP contribution in [0.15, 0.2) is 6.07 Å². The molecule has 1 atom stereocenters. The van der Waals surface area contributed by atoms with Gasteiger partial charge in [-0.2, -0.15) is 9.61 Å². The lowest BCUT2D eigenvalue weighted by Gasteiger charge is -2.12. The third kappa shape index (κ3) is 2.25. The van der Waals surface area contributed by atoms with Crippen LogP contribution in [0, 0.1) is 13.8 Å². The standard InChI is InChI=1S/C14H21N5O/c1-9-10(2)17-13-8-11(12-4-3-7-20-12)18-19(13)14(9)16-6-5-15/h8,12,16H,3-7,15H2,1-2H3. The molecule has 20 heavy (non-hydrogen) atoms. The van der Waals surface area contributed by atoms with E-state index in [9.17, 15) is 0 Å². The lowest BCUT2D eigenvalue weighted by molar-refractivity contribution is 0.108. The molecule has 6 nitrogen and oxygen atoms in total. The molecule has 0 amide bonds. The Labute approximate surface area is 118 Å². The quantitative estimate of drug-likeness (QED) is 0.885. The van der Waals surface area contributed by atoms with Crippen molar-refractivity contribution in [3.63, 3.8) is 0 Å². The smallest absolute Gasteiger partial charge is 0.157 e. The van der Waals surface area contributed by atoms with Crippen molar-refractivity contribution in [2.24, 2.45) is 5.73 Å². The highest BCUT2D eigenvalue weighted by Crippen LogP contribution is 2.29. The molecule has 0 saturated carbocycles. The summed E-state index contributed by atoms with van der Waals surface area (Å²) in [5.41, 5.74) is 9.53. The zero-order valence-corrected chi connectivity index (χ0v) is 12.0. The minimum atomic E-state index is 0.111. The number of aromatic nitrogens is 3. The largest absolute Gasteiger partial charge is 0.372 e. The molecule has 3 N–H and O–H groups in total. The average molecular weight is 275 g/mol. The maximum absolute atomic E-state index is 5.71. The Morgan fingerprint density at radius 1 is 1.50 bits per heavy atom. The minimum absolute atomic E-state index is 0.111. The Balaban J connectivity index is 2.06. The monoisotopic (exact) mass is 275 g/mol. The fraction of sp³-hybridized carbons (Fsp3) is 0.571. The van der Waals surface area contributed by atoms with E-state index < -0.39 is 0 Å². The number of rotatable bonds is 4. The van der Waals surface area contributed by atoms with Crippen LogP contribution in [-0.2, 0) is 4.74 Å². The van der Waals surface area contributed by atoms with Crippen molar-refractivity contribution in [1.29, 1.82) is 0 Å². The van der Waals surface area contributed by atoms with Crippen molar-refractivity contribution in [2.45, 2.75) is 32.8 Å². The van der Waals surface area contributed by atoms with Crippen LogP contribution in [0.4, 0.5) is 5.82 Å². The van der Waals surface area contributed by atoms with E-state index in [0.717, 1.165) is 47.9 Å². The Kier molecular flexibility index (Phi) is 3.58. The number of anilines is 1. The van der Waals surface area contributed by atoms with Gasteiger partial charge in [-0.15, -0.1) is 0 Å². The van der Waals surface area contributed by atoms with E-state index in [4.69, 9.17) is 10.5 Å². The first kappa shape index (κ1) is 13.3. The highest BCUT2D eigenvalue weighted by molar-refractivity contribution is 5.55. The summed E-state index contributed by atoms with van der Waals surface area (Å²) in [6.07, 6.45) is 2.25. The molecule has 1 fully saturated rings. The fourth-order valence-electron chi connectivity index (χ4n) is 2.59. The molecule has 0 spiro atoms. The highest BCUT2D eigenvalue weighted by Gasteiger charge is 2.22. The van der Waals surface area contributed by atoms with Gasteiger partial charge in [-0.1, -0.05) is 0 Å². The van der Waals surface area contributed by atoms with Gasteiger partial charge >= 0.3 is 0 Å². The molecule has 6 heteroatoms. The Morgan fingerprint density at radius 3 is 3.05 bits per heavy atom. The summed E-state index contributed by atoms with van der Waals surface area (Å²) in [5.74, 6) is 0.974. The molecule has 3 heterocycles. The molecule has 0 bridgehead atoms. The third-order valence-electron chi connectivity index (χ3n) is 3.80. The van der Waals surface area contributed by atoms with Crippen LogP contribution in [0.25, 0.3) is 5.65 Å². The van der Waals surface area contributed by atoms with Crippen LogP contribution in [0.3, 0.4) is 0 Å². The van der Waals surface area contributed by atoms with Crippen LogP contribution in [0.1, 0.15) is 35.9 Å². The van der Waals surface area contributed by atoms with Crippen molar-refractivity contribution < 1.29 is 4.74 Å². The number of ether oxygens (including phenoxy) is 1. The van der Waals surface area contributed by atoms with Crippen molar-refractivity contribution in [1.82, 2.24) is 14.6 Å². The van der Waals surface area contributed by atoms with Gasteiger partial charge in [-0.3, -0.25) is 0 Å². The van der Waals surface area contributed by atoms with Gasteiger partial charge in [0.25, 0.3) is 0 Å². The van der Waals surface area contributed by atoms with Gasteiger partial charge in [0.2, 0.25) is 0 Å². The first-order chi connectivity index (χ1) is 9.70. The topological polar surface area (TPSA) is 77.5 Å². The number of hydrogen-bond acceptors (Lipinski definition) is 5. The number of hydrogen-bond donors (Lipinski definition) is 2. The maximum Gasteiger partial charge on any atom is 0.157 e. The molecule has 1 unspecified atom stereocenters. The van der Waals surface area contributed by atoms with Gasteiger partial charge in [0.1, 0.15) is 11.9 Å². The lowest BCUT2D eigenvalue weighted by Crippen LogP contribution is -2.17. The Morgan fingerprint density at radius 2 is 2.35 bits per heavy atom. The summed E-state index contributed by atoms with van der Waals surface area (Å²) in [6.45, 7) is 6.19. The molecule has 0 radical (unpaired) electrons. The molecule has 3 rings (SSSR count). The third-order valence-corrected chi connectivity index (χ3v) is 3.80. The average Bonchev–Trinajstić information content (AvgIpc) is 3.07. The van der Waals surface area contributed by atoms with Crippen molar-refractivity contribution in [3.05, 3.63) is 23.0 Å². The molecule has 0 aromatic carbocycles. The van der Waals surface area contributed by atoms with E-state index >= 15 is 0 Å². The van der Waals surface area contributed by atoms with E-state index in [1.54, 1.807) is 0 Å². The molecule has 108 valence electrons. The summed E-state index contributed by atoms with van der Waals surface area (Å²) in [7, 11) is 0. The zero-order valence-electron chi connectivity index (χ0n) is 12.0. The molecular weight excluding hydrogens is 254 g/mol. The van der Waals surface area contributed by atoms with Gasteiger partial charge < -0.3 is 15.8 Å². The second kappa shape index (κ2) is 5.38. The molecular formula is C14H21N5O. The van der Waals surface area contributed by atoms with Crippen molar-refractivity contribution in [2.75, 3.05) is 25.0 Å². The predicted octanol–water partition coefficient (Wildman–Crippen LogP) is 1.57. The fourth-order valence-corrected chi connectivity index (χ4v) is 2.59. The van der Waals surface area contributed by atoms with E-state index in [0.29, 0.717) is 13.1 Å². The zero-order chi connectivity index (χ0) is 14.1. The van der Waals surface area contributed by atoms with E-state index in [-0.39, 0.29) is 6.10 Å². The maximum atomic E-state index is 5.71. The first-order valence-electron chi connectivity index (χ1n) is 7.13. The highest BCUT2D eigenvalue weighted by atomic mass is 16.5. The molecule has 1 aliphatic rings. The predicted molar refractivity (Wildman–Crippen MR) is 77.9 cm³/mol. The number of nitrogens with zero attached hydrogens (tertiary/aromatic N) is 3. The van der Waals surface area contributed by atoms with Crippen LogP contribution < -0.4 is 11.1 Å². The number of fused-ring (bicyclic) bond motifs is 1. The van der Waals surface area contributed by atoms with Gasteiger partial charge in [-0.05, 0) is 26.7 Å². The molecule has 0 aliphatic carbocycles. The van der Waals surface area contributed by atoms with E-state index in [1.165, 1.54) is 0 Å². The van der Waals surface area contributed by atoms with Crippen LogP contribution >= 0.6 is 0 Å². The Bertz CT molecular complexity index is 616. The first-order valence-corrected chi connectivity index (χ1v) is 7.13. The van der Waals surface area contributed by atoms with Crippen LogP contribution in [-0.4, -0.2) is 34.3 Å². The number of aryl methyl sites for hydroxylation is 1. The molecule has 1 saturated heterocycles. The summed E-state index contributed by atoms with van der Waals surface area (Å²) < 4.78 is 7.58. The minimum Gasteiger partial charge on any atom is -0.372 e. The molecule has 2 aromatic heterocycles. The van der Waals surface area contributed by atoms with Gasteiger partial charge in [0.15, 0.2) is 5.65 Å². The van der Waals surface area contributed by atoms with E-state index in [2.05, 4.69) is 15.4 Å². The lowest BCUT2D eigenvalue weighted by atomic mass is 10.2. The molecule has 2 aromatic rings. The second-order valence-electron chi connectivity index (χ2n) is 5.23. The van der Waals surface area contributed by atoms with Crippen LogP contribution in [0.2, 0.25) is 0 Å².